The molecule has 0 amide bonds. The van der Waals surface area contributed by atoms with Gasteiger partial charge >= 0.3 is 0 Å². The van der Waals surface area contributed by atoms with Gasteiger partial charge in [0, 0.05) is 32.2 Å². The standard InChI is InChI=1S/C16H20N8O/c1-10-14-15(21-9-22-16(14)25-23-10)18-7-11-4-3-5-24(11)13-6-12(17-2)19-8-20-13/h6,8-9,11H,3-5,7H2,1-2H3,(H,17,19,20)(H,18,21,22). The maximum absolute atomic E-state index is 5.20. The molecular formula is C16H20N8O. The molecule has 1 aliphatic rings. The van der Waals surface area contributed by atoms with Crippen molar-refractivity contribution in [2.24, 2.45) is 0 Å². The zero-order valence-electron chi connectivity index (χ0n) is 14.2. The van der Waals surface area contributed by atoms with E-state index in [1.165, 1.54) is 6.33 Å². The summed E-state index contributed by atoms with van der Waals surface area (Å²) in [7, 11) is 1.86. The van der Waals surface area contributed by atoms with Crippen molar-refractivity contribution in [3.8, 4) is 0 Å². The molecule has 2 N–H and O–H groups in total. The summed E-state index contributed by atoms with van der Waals surface area (Å²) in [4.78, 5) is 19.4. The molecule has 9 heteroatoms. The molecule has 4 rings (SSSR count). The van der Waals surface area contributed by atoms with Crippen molar-refractivity contribution in [1.29, 1.82) is 0 Å². The highest BCUT2D eigenvalue weighted by molar-refractivity contribution is 5.87. The molecule has 1 fully saturated rings. The van der Waals surface area contributed by atoms with Gasteiger partial charge in [-0.25, -0.2) is 15.0 Å². The lowest BCUT2D eigenvalue weighted by molar-refractivity contribution is 0.442. The number of rotatable bonds is 5. The number of aromatic nitrogens is 5. The van der Waals surface area contributed by atoms with Crippen molar-refractivity contribution in [1.82, 2.24) is 25.1 Å². The molecule has 0 bridgehead atoms. The SMILES string of the molecule is CNc1cc(N2CCCC2CNc2ncnc3onc(C)c23)ncn1. The summed E-state index contributed by atoms with van der Waals surface area (Å²) < 4.78 is 5.20. The number of nitrogens with zero attached hydrogens (tertiary/aromatic N) is 6. The van der Waals surface area contributed by atoms with Gasteiger partial charge in [0.15, 0.2) is 0 Å². The zero-order valence-corrected chi connectivity index (χ0v) is 14.2. The normalized spacial score (nSPS) is 17.2. The van der Waals surface area contributed by atoms with Crippen LogP contribution < -0.4 is 15.5 Å². The van der Waals surface area contributed by atoms with E-state index in [0.717, 1.165) is 54.5 Å². The molecule has 1 atom stereocenters. The van der Waals surface area contributed by atoms with E-state index in [-0.39, 0.29) is 0 Å². The monoisotopic (exact) mass is 340 g/mol. The number of fused-ring (bicyclic) bond motifs is 1. The summed E-state index contributed by atoms with van der Waals surface area (Å²) in [5, 5.41) is 11.3. The number of hydrogen-bond acceptors (Lipinski definition) is 9. The highest BCUT2D eigenvalue weighted by Gasteiger charge is 2.26. The van der Waals surface area contributed by atoms with Gasteiger partial charge in [-0.1, -0.05) is 5.16 Å². The fourth-order valence-corrected chi connectivity index (χ4v) is 3.26. The summed E-state index contributed by atoms with van der Waals surface area (Å²) in [6, 6.07) is 2.32. The Kier molecular flexibility index (Phi) is 4.04. The van der Waals surface area contributed by atoms with Crippen LogP contribution in [0.25, 0.3) is 11.1 Å². The van der Waals surface area contributed by atoms with Crippen LogP contribution in [0.4, 0.5) is 17.5 Å². The van der Waals surface area contributed by atoms with Crippen molar-refractivity contribution in [2.45, 2.75) is 25.8 Å². The van der Waals surface area contributed by atoms with Gasteiger partial charge in [0.05, 0.1) is 5.69 Å². The first kappa shape index (κ1) is 15.6. The van der Waals surface area contributed by atoms with E-state index in [1.807, 2.05) is 20.0 Å². The first-order valence-electron chi connectivity index (χ1n) is 8.33. The molecule has 25 heavy (non-hydrogen) atoms. The van der Waals surface area contributed by atoms with Gasteiger partial charge in [-0.05, 0) is 19.8 Å². The molecule has 0 aromatic carbocycles. The van der Waals surface area contributed by atoms with E-state index in [2.05, 4.69) is 40.6 Å². The summed E-state index contributed by atoms with van der Waals surface area (Å²) >= 11 is 0. The topological polar surface area (TPSA) is 105 Å². The number of aryl methyl sites for hydroxylation is 1. The average molecular weight is 340 g/mol. The third kappa shape index (κ3) is 2.92. The number of nitrogens with one attached hydrogen (secondary N) is 2. The van der Waals surface area contributed by atoms with E-state index < -0.39 is 0 Å². The first-order valence-corrected chi connectivity index (χ1v) is 8.33. The minimum absolute atomic E-state index is 0.338. The maximum Gasteiger partial charge on any atom is 0.263 e. The van der Waals surface area contributed by atoms with E-state index in [0.29, 0.717) is 11.8 Å². The Labute approximate surface area is 144 Å². The fourth-order valence-electron chi connectivity index (χ4n) is 3.26. The van der Waals surface area contributed by atoms with Crippen LogP contribution in [0.2, 0.25) is 0 Å². The second-order valence-electron chi connectivity index (χ2n) is 6.05. The van der Waals surface area contributed by atoms with Crippen LogP contribution >= 0.6 is 0 Å². The van der Waals surface area contributed by atoms with Gasteiger partial charge < -0.3 is 20.1 Å². The van der Waals surface area contributed by atoms with Crippen LogP contribution in [-0.2, 0) is 0 Å². The van der Waals surface area contributed by atoms with E-state index in [9.17, 15) is 0 Å². The Bertz CT molecular complexity index is 879. The van der Waals surface area contributed by atoms with Crippen LogP contribution in [0, 0.1) is 6.92 Å². The van der Waals surface area contributed by atoms with Crippen molar-refractivity contribution >= 4 is 28.6 Å². The van der Waals surface area contributed by atoms with Crippen LogP contribution in [-0.4, -0.2) is 51.3 Å². The third-order valence-corrected chi connectivity index (χ3v) is 4.53. The summed E-state index contributed by atoms with van der Waals surface area (Å²) in [6.07, 6.45) is 5.32. The van der Waals surface area contributed by atoms with E-state index >= 15 is 0 Å². The molecule has 0 spiro atoms. The van der Waals surface area contributed by atoms with Gasteiger partial charge in [-0.2, -0.15) is 4.98 Å². The van der Waals surface area contributed by atoms with Crippen LogP contribution in [0.1, 0.15) is 18.5 Å². The summed E-state index contributed by atoms with van der Waals surface area (Å²) in [5.41, 5.74) is 1.29. The minimum atomic E-state index is 0.338. The highest BCUT2D eigenvalue weighted by Crippen LogP contribution is 2.27. The zero-order chi connectivity index (χ0) is 17.2. The summed E-state index contributed by atoms with van der Waals surface area (Å²) in [6.45, 7) is 3.63. The van der Waals surface area contributed by atoms with Gasteiger partial charge in [0.2, 0.25) is 0 Å². The van der Waals surface area contributed by atoms with Crippen molar-refractivity contribution in [3.63, 3.8) is 0 Å². The molecule has 3 aromatic heterocycles. The van der Waals surface area contributed by atoms with Crippen LogP contribution in [0.15, 0.2) is 23.2 Å². The Hall–Kier alpha value is -2.97. The van der Waals surface area contributed by atoms with Crippen molar-refractivity contribution < 1.29 is 4.52 Å². The molecule has 130 valence electrons. The first-order chi connectivity index (χ1) is 12.3. The molecule has 3 aromatic rings. The maximum atomic E-state index is 5.20. The number of hydrogen-bond donors (Lipinski definition) is 2. The Morgan fingerprint density at radius 1 is 1.24 bits per heavy atom. The van der Waals surface area contributed by atoms with Gasteiger partial charge in [-0.3, -0.25) is 0 Å². The van der Waals surface area contributed by atoms with Crippen molar-refractivity contribution in [2.75, 3.05) is 35.7 Å². The average Bonchev–Trinajstić information content (AvgIpc) is 3.27. The second-order valence-corrected chi connectivity index (χ2v) is 6.05. The Morgan fingerprint density at radius 3 is 3.00 bits per heavy atom. The predicted octanol–water partition coefficient (Wildman–Crippen LogP) is 1.84. The molecule has 4 heterocycles. The fraction of sp³-hybridized carbons (Fsp3) is 0.438. The van der Waals surface area contributed by atoms with E-state index in [1.54, 1.807) is 6.33 Å². The molecule has 1 unspecified atom stereocenters. The van der Waals surface area contributed by atoms with Crippen LogP contribution in [0.3, 0.4) is 0 Å². The molecule has 0 saturated carbocycles. The second kappa shape index (κ2) is 6.50. The molecular weight excluding hydrogens is 320 g/mol. The van der Waals surface area contributed by atoms with E-state index in [4.69, 9.17) is 4.52 Å². The van der Waals surface area contributed by atoms with Crippen LogP contribution in [0.5, 0.6) is 0 Å². The molecule has 9 nitrogen and oxygen atoms in total. The molecule has 0 radical (unpaired) electrons. The van der Waals surface area contributed by atoms with Gasteiger partial charge in [-0.15, -0.1) is 0 Å². The smallest absolute Gasteiger partial charge is 0.263 e. The molecule has 1 aliphatic heterocycles. The minimum Gasteiger partial charge on any atom is -0.373 e. The lowest BCUT2D eigenvalue weighted by Gasteiger charge is -2.26. The molecule has 1 saturated heterocycles. The Morgan fingerprint density at radius 2 is 2.12 bits per heavy atom. The lowest BCUT2D eigenvalue weighted by atomic mass is 10.2. The van der Waals surface area contributed by atoms with Gasteiger partial charge in [0.25, 0.3) is 5.71 Å². The quantitative estimate of drug-likeness (QED) is 0.719. The number of anilines is 3. The molecule has 0 aliphatic carbocycles. The third-order valence-electron chi connectivity index (χ3n) is 4.53. The highest BCUT2D eigenvalue weighted by atomic mass is 16.5. The lowest BCUT2D eigenvalue weighted by Crippen LogP contribution is -2.35. The van der Waals surface area contributed by atoms with Gasteiger partial charge in [0.1, 0.15) is 35.5 Å². The predicted molar refractivity (Wildman–Crippen MR) is 94.8 cm³/mol. The van der Waals surface area contributed by atoms with Crippen molar-refractivity contribution in [3.05, 3.63) is 24.4 Å². The summed E-state index contributed by atoms with van der Waals surface area (Å²) in [5.74, 6) is 2.52. The Balaban J connectivity index is 1.52. The largest absolute Gasteiger partial charge is 0.373 e.